The zero-order chi connectivity index (χ0) is 16.7. The van der Waals surface area contributed by atoms with Gasteiger partial charge in [-0.2, -0.15) is 0 Å². The molecule has 0 fully saturated rings. The summed E-state index contributed by atoms with van der Waals surface area (Å²) in [6, 6.07) is 7.11. The highest BCUT2D eigenvalue weighted by molar-refractivity contribution is 5.98. The van der Waals surface area contributed by atoms with Gasteiger partial charge < -0.3 is 16.4 Å². The van der Waals surface area contributed by atoms with E-state index < -0.39 is 23.9 Å². The molecule has 0 spiro atoms. The van der Waals surface area contributed by atoms with E-state index in [-0.39, 0.29) is 11.8 Å². The lowest BCUT2D eigenvalue weighted by Gasteiger charge is -2.20. The number of hydrogen-bond donors (Lipinski definition) is 3. The maximum Gasteiger partial charge on any atom is 0.251 e. The van der Waals surface area contributed by atoms with Crippen molar-refractivity contribution in [1.29, 1.82) is 0 Å². The number of rotatable bonds is 7. The van der Waals surface area contributed by atoms with Crippen LogP contribution in [0.1, 0.15) is 37.6 Å². The largest absolute Gasteiger partial charge is 0.368 e. The third-order valence-electron chi connectivity index (χ3n) is 3.14. The molecular weight excluding hydrogens is 282 g/mol. The highest BCUT2D eigenvalue weighted by Crippen LogP contribution is 2.05. The van der Waals surface area contributed by atoms with Crippen LogP contribution in [0.15, 0.2) is 30.3 Å². The molecule has 0 bridgehead atoms. The van der Waals surface area contributed by atoms with Gasteiger partial charge in [-0.05, 0) is 31.4 Å². The number of carbonyl (C=O) groups is 3. The molecule has 0 aliphatic carbocycles. The van der Waals surface area contributed by atoms with Gasteiger partial charge in [-0.1, -0.05) is 32.0 Å². The van der Waals surface area contributed by atoms with Gasteiger partial charge in [0.15, 0.2) is 0 Å². The van der Waals surface area contributed by atoms with Crippen molar-refractivity contribution in [3.63, 3.8) is 0 Å². The van der Waals surface area contributed by atoms with Gasteiger partial charge in [0.25, 0.3) is 5.91 Å². The first-order chi connectivity index (χ1) is 10.3. The number of nitrogens with one attached hydrogen (secondary N) is 2. The van der Waals surface area contributed by atoms with Gasteiger partial charge in [0.2, 0.25) is 11.8 Å². The van der Waals surface area contributed by atoms with Crippen LogP contribution >= 0.6 is 0 Å². The van der Waals surface area contributed by atoms with Crippen molar-refractivity contribution in [3.8, 4) is 0 Å². The lowest BCUT2D eigenvalue weighted by atomic mass is 10.0. The molecule has 1 aromatic rings. The first-order valence-electron chi connectivity index (χ1n) is 7.26. The van der Waals surface area contributed by atoms with Crippen molar-refractivity contribution in [2.24, 2.45) is 11.7 Å². The quantitative estimate of drug-likeness (QED) is 0.695. The molecule has 4 N–H and O–H groups in total. The van der Waals surface area contributed by atoms with Crippen molar-refractivity contribution in [1.82, 2.24) is 10.6 Å². The molecule has 22 heavy (non-hydrogen) atoms. The van der Waals surface area contributed by atoms with Crippen LogP contribution in [0.2, 0.25) is 0 Å². The second-order valence-corrected chi connectivity index (χ2v) is 5.65. The third kappa shape index (κ3) is 5.55. The predicted molar refractivity (Wildman–Crippen MR) is 84.0 cm³/mol. The van der Waals surface area contributed by atoms with E-state index in [9.17, 15) is 14.4 Å². The van der Waals surface area contributed by atoms with Gasteiger partial charge in [-0.25, -0.2) is 0 Å². The van der Waals surface area contributed by atoms with Gasteiger partial charge in [0.05, 0.1) is 0 Å². The summed E-state index contributed by atoms with van der Waals surface area (Å²) in [6.07, 6.45) is 0.459. The van der Waals surface area contributed by atoms with E-state index in [4.69, 9.17) is 5.73 Å². The van der Waals surface area contributed by atoms with Crippen LogP contribution in [0.25, 0.3) is 0 Å². The average Bonchev–Trinajstić information content (AvgIpc) is 2.46. The van der Waals surface area contributed by atoms with E-state index in [2.05, 4.69) is 10.6 Å². The number of nitrogens with two attached hydrogens (primary N) is 1. The summed E-state index contributed by atoms with van der Waals surface area (Å²) in [5.74, 6) is -1.15. The summed E-state index contributed by atoms with van der Waals surface area (Å²) in [7, 11) is 0. The fraction of sp³-hybridized carbons (Fsp3) is 0.438. The maximum atomic E-state index is 12.1. The molecule has 0 saturated heterocycles. The number of primary amides is 1. The molecule has 1 rings (SSSR count). The molecule has 0 saturated carbocycles. The summed E-state index contributed by atoms with van der Waals surface area (Å²) in [5.41, 5.74) is 5.75. The summed E-state index contributed by atoms with van der Waals surface area (Å²) >= 11 is 0. The normalized spacial score (nSPS) is 13.3. The molecule has 6 nitrogen and oxygen atoms in total. The topological polar surface area (TPSA) is 101 Å². The van der Waals surface area contributed by atoms with Gasteiger partial charge in [-0.15, -0.1) is 0 Å². The Morgan fingerprint density at radius 2 is 1.64 bits per heavy atom. The monoisotopic (exact) mass is 305 g/mol. The third-order valence-corrected chi connectivity index (χ3v) is 3.14. The summed E-state index contributed by atoms with van der Waals surface area (Å²) in [6.45, 7) is 5.43. The minimum Gasteiger partial charge on any atom is -0.368 e. The van der Waals surface area contributed by atoms with Gasteiger partial charge in [-0.3, -0.25) is 14.4 Å². The Labute approximate surface area is 130 Å². The van der Waals surface area contributed by atoms with Gasteiger partial charge in [0, 0.05) is 5.56 Å². The smallest absolute Gasteiger partial charge is 0.251 e. The van der Waals surface area contributed by atoms with Crippen LogP contribution < -0.4 is 16.4 Å². The van der Waals surface area contributed by atoms with Crippen LogP contribution in [-0.4, -0.2) is 29.8 Å². The molecule has 0 heterocycles. The first kappa shape index (κ1) is 17.7. The molecular formula is C16H23N3O3. The Bertz CT molecular complexity index is 529. The molecule has 3 amide bonds. The van der Waals surface area contributed by atoms with E-state index >= 15 is 0 Å². The fourth-order valence-corrected chi connectivity index (χ4v) is 1.95. The molecule has 0 aliphatic rings. The summed E-state index contributed by atoms with van der Waals surface area (Å²) in [5, 5.41) is 5.17. The Morgan fingerprint density at radius 3 is 2.14 bits per heavy atom. The van der Waals surface area contributed by atoms with Gasteiger partial charge in [0.1, 0.15) is 12.1 Å². The SMILES string of the molecule is CC(C)C[C@H](NC(=O)[C@H](C)NC(=O)c1ccccc1)C(N)=O. The molecule has 2 atom stereocenters. The number of benzene rings is 1. The Balaban J connectivity index is 2.60. The van der Waals surface area contributed by atoms with E-state index in [0.29, 0.717) is 12.0 Å². The molecule has 0 aromatic heterocycles. The van der Waals surface area contributed by atoms with Crippen molar-refractivity contribution < 1.29 is 14.4 Å². The molecule has 120 valence electrons. The Kier molecular flexibility index (Phi) is 6.56. The Hall–Kier alpha value is -2.37. The molecule has 0 radical (unpaired) electrons. The number of hydrogen-bond acceptors (Lipinski definition) is 3. The standard InChI is InChI=1S/C16H23N3O3/c1-10(2)9-13(14(17)20)19-15(21)11(3)18-16(22)12-7-5-4-6-8-12/h4-8,10-11,13H,9H2,1-3H3,(H2,17,20)(H,18,22)(H,19,21)/t11-,13-/m0/s1. The highest BCUT2D eigenvalue weighted by Gasteiger charge is 2.23. The van der Waals surface area contributed by atoms with E-state index in [1.807, 2.05) is 13.8 Å². The minimum atomic E-state index is -0.762. The second kappa shape index (κ2) is 8.17. The van der Waals surface area contributed by atoms with E-state index in [1.165, 1.54) is 0 Å². The van der Waals surface area contributed by atoms with Gasteiger partial charge >= 0.3 is 0 Å². The molecule has 1 aromatic carbocycles. The first-order valence-corrected chi connectivity index (χ1v) is 7.26. The molecule has 0 unspecified atom stereocenters. The molecule has 6 heteroatoms. The Morgan fingerprint density at radius 1 is 1.05 bits per heavy atom. The van der Waals surface area contributed by atoms with Crippen LogP contribution in [0.4, 0.5) is 0 Å². The minimum absolute atomic E-state index is 0.215. The van der Waals surface area contributed by atoms with E-state index in [0.717, 1.165) is 0 Å². The molecule has 0 aliphatic heterocycles. The second-order valence-electron chi connectivity index (χ2n) is 5.65. The maximum absolute atomic E-state index is 12.1. The van der Waals surface area contributed by atoms with Crippen LogP contribution in [0.3, 0.4) is 0 Å². The zero-order valence-electron chi connectivity index (χ0n) is 13.1. The predicted octanol–water partition coefficient (Wildman–Crippen LogP) is 0.821. The van der Waals surface area contributed by atoms with Crippen molar-refractivity contribution in [2.75, 3.05) is 0 Å². The van der Waals surface area contributed by atoms with Crippen molar-refractivity contribution >= 4 is 17.7 Å². The lowest BCUT2D eigenvalue weighted by molar-refractivity contribution is -0.128. The lowest BCUT2D eigenvalue weighted by Crippen LogP contribution is -2.52. The number of carbonyl (C=O) groups excluding carboxylic acids is 3. The van der Waals surface area contributed by atoms with Crippen LogP contribution in [0.5, 0.6) is 0 Å². The van der Waals surface area contributed by atoms with Crippen molar-refractivity contribution in [3.05, 3.63) is 35.9 Å². The van der Waals surface area contributed by atoms with Crippen LogP contribution in [0, 0.1) is 5.92 Å². The fourth-order valence-electron chi connectivity index (χ4n) is 1.95. The number of amides is 3. The van der Waals surface area contributed by atoms with Crippen LogP contribution in [-0.2, 0) is 9.59 Å². The highest BCUT2D eigenvalue weighted by atomic mass is 16.2. The summed E-state index contributed by atoms with van der Waals surface area (Å²) < 4.78 is 0. The summed E-state index contributed by atoms with van der Waals surface area (Å²) in [4.78, 5) is 35.4. The average molecular weight is 305 g/mol. The van der Waals surface area contributed by atoms with E-state index in [1.54, 1.807) is 37.3 Å². The zero-order valence-corrected chi connectivity index (χ0v) is 13.1. The van der Waals surface area contributed by atoms with Crippen molar-refractivity contribution in [2.45, 2.75) is 39.3 Å².